The van der Waals surface area contributed by atoms with Gasteiger partial charge in [-0.3, -0.25) is 9.69 Å². The highest BCUT2D eigenvalue weighted by Gasteiger charge is 2.24. The lowest BCUT2D eigenvalue weighted by molar-refractivity contribution is -0.120. The Bertz CT molecular complexity index is 1020. The number of carbonyl (C=O) groups excluding carboxylic acids is 1. The molecule has 2 heterocycles. The van der Waals surface area contributed by atoms with E-state index in [4.69, 9.17) is 9.15 Å². The summed E-state index contributed by atoms with van der Waals surface area (Å²) in [5.41, 5.74) is 5.35. The first-order valence-corrected chi connectivity index (χ1v) is 10.7. The Kier molecular flexibility index (Phi) is 6.09. The van der Waals surface area contributed by atoms with Crippen molar-refractivity contribution in [1.29, 1.82) is 0 Å². The van der Waals surface area contributed by atoms with Crippen LogP contribution in [0.4, 0.5) is 0 Å². The molecule has 1 aliphatic heterocycles. The summed E-state index contributed by atoms with van der Waals surface area (Å²) in [5.74, 6) is 0.869. The third-order valence-electron chi connectivity index (χ3n) is 6.27. The number of nitrogens with zero attached hydrogens (tertiary/aromatic N) is 1. The number of likely N-dealkylation sites (tertiary alicyclic amines) is 1. The summed E-state index contributed by atoms with van der Waals surface area (Å²) in [5, 5.41) is 4.19. The van der Waals surface area contributed by atoms with E-state index in [0.717, 1.165) is 40.9 Å². The molecular weight excluding hydrogens is 376 g/mol. The van der Waals surface area contributed by atoms with E-state index in [2.05, 4.69) is 42.3 Å². The number of fused-ring (bicyclic) bond motifs is 1. The third kappa shape index (κ3) is 4.21. The van der Waals surface area contributed by atoms with Gasteiger partial charge in [0, 0.05) is 17.5 Å². The zero-order valence-electron chi connectivity index (χ0n) is 18.0. The van der Waals surface area contributed by atoms with E-state index in [0.29, 0.717) is 13.0 Å². The maximum absolute atomic E-state index is 12.8. The SMILES string of the molecule is COc1ccc(C(CNC(=O)Cc2coc3c(C)c(C)ccc23)N2CCCC2)cc1. The highest BCUT2D eigenvalue weighted by molar-refractivity contribution is 5.89. The summed E-state index contributed by atoms with van der Waals surface area (Å²) in [6, 6.07) is 12.5. The number of hydrogen-bond donors (Lipinski definition) is 1. The molecule has 5 heteroatoms. The summed E-state index contributed by atoms with van der Waals surface area (Å²) in [4.78, 5) is 15.2. The average molecular weight is 407 g/mol. The van der Waals surface area contributed by atoms with Gasteiger partial charge in [-0.1, -0.05) is 24.3 Å². The van der Waals surface area contributed by atoms with Gasteiger partial charge in [-0.05, 0) is 68.6 Å². The van der Waals surface area contributed by atoms with Gasteiger partial charge in [0.05, 0.1) is 25.8 Å². The second-order valence-corrected chi connectivity index (χ2v) is 8.16. The van der Waals surface area contributed by atoms with Crippen LogP contribution in [-0.4, -0.2) is 37.6 Å². The zero-order valence-corrected chi connectivity index (χ0v) is 18.0. The zero-order chi connectivity index (χ0) is 21.1. The van der Waals surface area contributed by atoms with E-state index in [9.17, 15) is 4.79 Å². The molecule has 30 heavy (non-hydrogen) atoms. The molecular formula is C25H30N2O3. The highest BCUT2D eigenvalue weighted by Crippen LogP contribution is 2.28. The standard InChI is InChI=1S/C25H30N2O3/c1-17-6-11-22-20(16-30-25(22)18(17)2)14-24(28)26-15-23(27-12-4-5-13-27)19-7-9-21(29-3)10-8-19/h6-11,16,23H,4-5,12-15H2,1-3H3,(H,26,28). The van der Waals surface area contributed by atoms with Gasteiger partial charge in [0.25, 0.3) is 0 Å². The number of furan rings is 1. The smallest absolute Gasteiger partial charge is 0.224 e. The number of amides is 1. The molecule has 1 N–H and O–H groups in total. The number of aryl methyl sites for hydroxylation is 2. The lowest BCUT2D eigenvalue weighted by Crippen LogP contribution is -2.37. The van der Waals surface area contributed by atoms with Crippen molar-refractivity contribution in [2.75, 3.05) is 26.7 Å². The van der Waals surface area contributed by atoms with Crippen molar-refractivity contribution in [1.82, 2.24) is 10.2 Å². The molecule has 0 radical (unpaired) electrons. The lowest BCUT2D eigenvalue weighted by atomic mass is 10.0. The first-order chi connectivity index (χ1) is 14.6. The predicted molar refractivity (Wildman–Crippen MR) is 119 cm³/mol. The molecule has 0 aliphatic carbocycles. The molecule has 1 saturated heterocycles. The van der Waals surface area contributed by atoms with E-state index >= 15 is 0 Å². The second kappa shape index (κ2) is 8.92. The fraction of sp³-hybridized carbons (Fsp3) is 0.400. The number of carbonyl (C=O) groups is 1. The summed E-state index contributed by atoms with van der Waals surface area (Å²) >= 11 is 0. The summed E-state index contributed by atoms with van der Waals surface area (Å²) in [6.45, 7) is 6.86. The molecule has 158 valence electrons. The van der Waals surface area contributed by atoms with Crippen LogP contribution in [0, 0.1) is 13.8 Å². The van der Waals surface area contributed by atoms with Crippen LogP contribution >= 0.6 is 0 Å². The van der Waals surface area contributed by atoms with Crippen LogP contribution in [0.1, 0.15) is 41.1 Å². The molecule has 4 rings (SSSR count). The van der Waals surface area contributed by atoms with Gasteiger partial charge in [0.15, 0.2) is 0 Å². The molecule has 2 aromatic carbocycles. The fourth-order valence-electron chi connectivity index (χ4n) is 4.31. The van der Waals surface area contributed by atoms with Gasteiger partial charge in [-0.15, -0.1) is 0 Å². The number of hydrogen-bond acceptors (Lipinski definition) is 4. The van der Waals surface area contributed by atoms with Crippen molar-refractivity contribution < 1.29 is 13.9 Å². The molecule has 1 aliphatic rings. The van der Waals surface area contributed by atoms with E-state index < -0.39 is 0 Å². The second-order valence-electron chi connectivity index (χ2n) is 8.16. The topological polar surface area (TPSA) is 54.7 Å². The average Bonchev–Trinajstić information content (AvgIpc) is 3.42. The third-order valence-corrected chi connectivity index (χ3v) is 6.27. The molecule has 1 fully saturated rings. The molecule has 3 aromatic rings. The van der Waals surface area contributed by atoms with E-state index in [1.807, 2.05) is 18.2 Å². The van der Waals surface area contributed by atoms with Gasteiger partial charge in [0.2, 0.25) is 5.91 Å². The van der Waals surface area contributed by atoms with Crippen LogP contribution in [0.2, 0.25) is 0 Å². The first-order valence-electron chi connectivity index (χ1n) is 10.7. The molecule has 1 unspecified atom stereocenters. The number of ether oxygens (including phenoxy) is 1. The maximum Gasteiger partial charge on any atom is 0.224 e. The van der Waals surface area contributed by atoms with E-state index in [-0.39, 0.29) is 11.9 Å². The van der Waals surface area contributed by atoms with Crippen LogP contribution in [-0.2, 0) is 11.2 Å². The van der Waals surface area contributed by atoms with Crippen molar-refractivity contribution in [3.8, 4) is 5.75 Å². The van der Waals surface area contributed by atoms with Crippen molar-refractivity contribution in [2.24, 2.45) is 0 Å². The van der Waals surface area contributed by atoms with Gasteiger partial charge in [0.1, 0.15) is 11.3 Å². The number of benzene rings is 2. The maximum atomic E-state index is 12.8. The van der Waals surface area contributed by atoms with Crippen molar-refractivity contribution >= 4 is 16.9 Å². The summed E-state index contributed by atoms with van der Waals surface area (Å²) in [6.07, 6.45) is 4.46. The van der Waals surface area contributed by atoms with Crippen LogP contribution < -0.4 is 10.1 Å². The Labute approximate surface area is 178 Å². The number of methoxy groups -OCH3 is 1. The Balaban J connectivity index is 1.45. The Morgan fingerprint density at radius 3 is 2.57 bits per heavy atom. The Hall–Kier alpha value is -2.79. The minimum atomic E-state index is 0.0219. The van der Waals surface area contributed by atoms with Crippen LogP contribution in [0.25, 0.3) is 11.0 Å². The molecule has 1 amide bonds. The van der Waals surface area contributed by atoms with E-state index in [1.165, 1.54) is 24.0 Å². The Morgan fingerprint density at radius 1 is 1.13 bits per heavy atom. The van der Waals surface area contributed by atoms with Gasteiger partial charge in [-0.2, -0.15) is 0 Å². The molecule has 0 bridgehead atoms. The highest BCUT2D eigenvalue weighted by atomic mass is 16.5. The molecule has 0 spiro atoms. The van der Waals surface area contributed by atoms with Crippen LogP contribution in [0.3, 0.4) is 0 Å². The quantitative estimate of drug-likeness (QED) is 0.625. The van der Waals surface area contributed by atoms with Crippen molar-refractivity contribution in [2.45, 2.75) is 39.2 Å². The van der Waals surface area contributed by atoms with Gasteiger partial charge >= 0.3 is 0 Å². The van der Waals surface area contributed by atoms with Gasteiger partial charge in [-0.25, -0.2) is 0 Å². The Morgan fingerprint density at radius 2 is 1.87 bits per heavy atom. The molecule has 1 aromatic heterocycles. The number of rotatable bonds is 7. The summed E-state index contributed by atoms with van der Waals surface area (Å²) in [7, 11) is 1.68. The van der Waals surface area contributed by atoms with Crippen LogP contribution in [0.15, 0.2) is 47.1 Å². The molecule has 5 nitrogen and oxygen atoms in total. The van der Waals surface area contributed by atoms with E-state index in [1.54, 1.807) is 13.4 Å². The predicted octanol–water partition coefficient (Wildman–Crippen LogP) is 4.55. The van der Waals surface area contributed by atoms with Crippen LogP contribution in [0.5, 0.6) is 5.75 Å². The first kappa shape index (κ1) is 20.5. The lowest BCUT2D eigenvalue weighted by Gasteiger charge is -2.28. The summed E-state index contributed by atoms with van der Waals surface area (Å²) < 4.78 is 11.0. The minimum Gasteiger partial charge on any atom is -0.497 e. The van der Waals surface area contributed by atoms with Gasteiger partial charge < -0.3 is 14.5 Å². The largest absolute Gasteiger partial charge is 0.497 e. The molecule has 1 atom stereocenters. The molecule has 0 saturated carbocycles. The fourth-order valence-corrected chi connectivity index (χ4v) is 4.31. The number of nitrogens with one attached hydrogen (secondary N) is 1. The van der Waals surface area contributed by atoms with Crippen molar-refractivity contribution in [3.05, 3.63) is 64.9 Å². The monoisotopic (exact) mass is 406 g/mol. The minimum absolute atomic E-state index is 0.0219. The van der Waals surface area contributed by atoms with Crippen molar-refractivity contribution in [3.63, 3.8) is 0 Å². The normalized spacial score (nSPS) is 15.4.